The van der Waals surface area contributed by atoms with Crippen LogP contribution in [0.25, 0.3) is 10.9 Å². The summed E-state index contributed by atoms with van der Waals surface area (Å²) in [6.45, 7) is 1.07. The predicted octanol–water partition coefficient (Wildman–Crippen LogP) is 3.91. The first-order valence-corrected chi connectivity index (χ1v) is 8.84. The first kappa shape index (κ1) is 19.3. The molecule has 0 fully saturated rings. The molecule has 1 aromatic heterocycles. The second kappa shape index (κ2) is 8.51. The minimum atomic E-state index is -0.662. The molecular formula is C21H16ClN3O3. The summed E-state index contributed by atoms with van der Waals surface area (Å²) in [4.78, 5) is 30.6. The van der Waals surface area contributed by atoms with Crippen LogP contribution in [0.5, 0.6) is 0 Å². The van der Waals surface area contributed by atoms with Crippen molar-refractivity contribution in [1.29, 1.82) is 5.26 Å². The van der Waals surface area contributed by atoms with Gasteiger partial charge in [-0.25, -0.2) is 4.79 Å². The fourth-order valence-corrected chi connectivity index (χ4v) is 2.92. The Kier molecular flexibility index (Phi) is 5.87. The average Bonchev–Trinajstić information content (AvgIpc) is 2.70. The lowest BCUT2D eigenvalue weighted by Crippen LogP contribution is -2.35. The van der Waals surface area contributed by atoms with Crippen LogP contribution in [-0.2, 0) is 9.53 Å². The summed E-state index contributed by atoms with van der Waals surface area (Å²) in [5.41, 5.74) is 2.01. The Balaban J connectivity index is 1.76. The molecule has 6 nitrogen and oxygen atoms in total. The monoisotopic (exact) mass is 393 g/mol. The van der Waals surface area contributed by atoms with Crippen molar-refractivity contribution in [2.45, 2.75) is 6.92 Å². The highest BCUT2D eigenvalue weighted by Gasteiger charge is 2.19. The number of amides is 1. The van der Waals surface area contributed by atoms with Crippen molar-refractivity contribution in [3.63, 3.8) is 0 Å². The number of halogens is 1. The van der Waals surface area contributed by atoms with Crippen molar-refractivity contribution in [2.24, 2.45) is 0 Å². The minimum Gasteiger partial charge on any atom is -0.452 e. The van der Waals surface area contributed by atoms with Crippen LogP contribution >= 0.6 is 11.6 Å². The van der Waals surface area contributed by atoms with Gasteiger partial charge in [-0.1, -0.05) is 29.8 Å². The molecule has 28 heavy (non-hydrogen) atoms. The Bertz CT molecular complexity index is 1080. The first-order valence-electron chi connectivity index (χ1n) is 8.46. The van der Waals surface area contributed by atoms with Gasteiger partial charge in [-0.3, -0.25) is 14.7 Å². The number of carbonyl (C=O) groups is 2. The van der Waals surface area contributed by atoms with Crippen LogP contribution in [-0.4, -0.2) is 30.0 Å². The summed E-state index contributed by atoms with van der Waals surface area (Å²) in [5.74, 6) is -1.15. The van der Waals surface area contributed by atoms with Crippen molar-refractivity contribution in [1.82, 2.24) is 4.98 Å². The van der Waals surface area contributed by atoms with Gasteiger partial charge in [-0.15, -0.1) is 0 Å². The van der Waals surface area contributed by atoms with Gasteiger partial charge in [0.05, 0.1) is 22.8 Å². The number of ether oxygens (including phenoxy) is 1. The zero-order chi connectivity index (χ0) is 20.1. The molecule has 0 bridgehead atoms. The maximum atomic E-state index is 12.5. The third-order valence-electron chi connectivity index (χ3n) is 4.11. The number of hydrogen-bond donors (Lipinski definition) is 0. The number of para-hydroxylation sites is 1. The molecule has 0 saturated carbocycles. The molecule has 0 spiro atoms. The lowest BCUT2D eigenvalue weighted by atomic mass is 10.1. The molecule has 3 aromatic rings. The molecule has 3 rings (SSSR count). The number of nitrogens with zero attached hydrogens (tertiary/aromatic N) is 3. The van der Waals surface area contributed by atoms with Crippen molar-refractivity contribution >= 4 is 40.1 Å². The van der Waals surface area contributed by atoms with E-state index in [-0.39, 0.29) is 12.1 Å². The van der Waals surface area contributed by atoms with Gasteiger partial charge in [-0.2, -0.15) is 5.26 Å². The van der Waals surface area contributed by atoms with E-state index in [9.17, 15) is 9.59 Å². The summed E-state index contributed by atoms with van der Waals surface area (Å²) in [5, 5.41) is 10.2. The summed E-state index contributed by atoms with van der Waals surface area (Å²) < 4.78 is 5.19. The molecule has 0 atom stereocenters. The lowest BCUT2D eigenvalue weighted by molar-refractivity contribution is -0.121. The van der Waals surface area contributed by atoms with Gasteiger partial charge in [0.2, 0.25) is 0 Å². The lowest BCUT2D eigenvalue weighted by Gasteiger charge is -2.19. The third kappa shape index (κ3) is 4.27. The van der Waals surface area contributed by atoms with Crippen LogP contribution in [0.4, 0.5) is 5.69 Å². The van der Waals surface area contributed by atoms with Crippen LogP contribution in [0.1, 0.15) is 16.1 Å². The van der Waals surface area contributed by atoms with E-state index in [1.807, 2.05) is 6.07 Å². The number of pyridine rings is 1. The summed E-state index contributed by atoms with van der Waals surface area (Å²) in [6.07, 6.45) is 0. The molecule has 2 aromatic carbocycles. The number of aryl methyl sites for hydroxylation is 1. The fourth-order valence-electron chi connectivity index (χ4n) is 2.74. The van der Waals surface area contributed by atoms with Crippen LogP contribution in [0, 0.1) is 18.3 Å². The Morgan fingerprint density at radius 1 is 1.18 bits per heavy atom. The van der Waals surface area contributed by atoms with Crippen LogP contribution in [0.15, 0.2) is 54.6 Å². The molecule has 0 aliphatic rings. The Labute approximate surface area is 166 Å². The molecule has 0 aliphatic carbocycles. The number of esters is 1. The maximum absolute atomic E-state index is 12.5. The Hall–Kier alpha value is -3.43. The molecule has 1 amide bonds. The van der Waals surface area contributed by atoms with E-state index in [0.717, 1.165) is 0 Å². The van der Waals surface area contributed by atoms with Crippen LogP contribution < -0.4 is 4.90 Å². The fraction of sp³-hybridized carbons (Fsp3) is 0.143. The third-order valence-corrected chi connectivity index (χ3v) is 4.35. The van der Waals surface area contributed by atoms with Crippen LogP contribution in [0.2, 0.25) is 5.02 Å². The van der Waals surface area contributed by atoms with E-state index in [2.05, 4.69) is 4.98 Å². The maximum Gasteiger partial charge on any atom is 0.340 e. The van der Waals surface area contributed by atoms with E-state index < -0.39 is 18.5 Å². The van der Waals surface area contributed by atoms with Gasteiger partial charge in [-0.05, 0) is 43.3 Å². The standard InChI is InChI=1S/C21H16ClN3O3/c1-14-18(12-15-11-16(22)7-8-19(15)24-14)21(27)28-13-20(26)25(10-9-23)17-5-3-2-4-6-17/h2-8,11-12H,10,13H2,1H3. The number of aromatic nitrogens is 1. The molecule has 0 saturated heterocycles. The first-order chi connectivity index (χ1) is 13.5. The van der Waals surface area contributed by atoms with Gasteiger partial charge in [0.15, 0.2) is 6.61 Å². The largest absolute Gasteiger partial charge is 0.452 e. The molecule has 7 heteroatoms. The number of hydrogen-bond acceptors (Lipinski definition) is 5. The number of fused-ring (bicyclic) bond motifs is 1. The van der Waals surface area contributed by atoms with E-state index in [1.165, 1.54) is 4.90 Å². The van der Waals surface area contributed by atoms with Crippen molar-refractivity contribution in [2.75, 3.05) is 18.1 Å². The van der Waals surface area contributed by atoms with Gasteiger partial charge in [0, 0.05) is 16.1 Å². The van der Waals surface area contributed by atoms with E-state index in [0.29, 0.717) is 27.3 Å². The smallest absolute Gasteiger partial charge is 0.340 e. The number of rotatable bonds is 5. The van der Waals surface area contributed by atoms with Crippen LogP contribution in [0.3, 0.4) is 0 Å². The Morgan fingerprint density at radius 2 is 1.93 bits per heavy atom. The topological polar surface area (TPSA) is 83.3 Å². The quantitative estimate of drug-likeness (QED) is 0.484. The highest BCUT2D eigenvalue weighted by Crippen LogP contribution is 2.21. The van der Waals surface area contributed by atoms with Gasteiger partial charge >= 0.3 is 5.97 Å². The van der Waals surface area contributed by atoms with Gasteiger partial charge in [0.1, 0.15) is 6.54 Å². The molecule has 0 N–H and O–H groups in total. The van der Waals surface area contributed by atoms with Crippen molar-refractivity contribution in [3.05, 3.63) is 70.9 Å². The molecule has 0 radical (unpaired) electrons. The zero-order valence-corrected chi connectivity index (χ0v) is 15.8. The molecular weight excluding hydrogens is 378 g/mol. The van der Waals surface area contributed by atoms with Gasteiger partial charge in [0.25, 0.3) is 5.91 Å². The van der Waals surface area contributed by atoms with Gasteiger partial charge < -0.3 is 4.74 Å². The summed E-state index contributed by atoms with van der Waals surface area (Å²) in [7, 11) is 0. The molecule has 1 heterocycles. The summed E-state index contributed by atoms with van der Waals surface area (Å²) in [6, 6.07) is 17.5. The highest BCUT2D eigenvalue weighted by atomic mass is 35.5. The highest BCUT2D eigenvalue weighted by molar-refractivity contribution is 6.31. The Morgan fingerprint density at radius 3 is 2.64 bits per heavy atom. The predicted molar refractivity (Wildman–Crippen MR) is 106 cm³/mol. The summed E-state index contributed by atoms with van der Waals surface area (Å²) >= 11 is 6.00. The number of anilines is 1. The van der Waals surface area contributed by atoms with Crippen molar-refractivity contribution < 1.29 is 14.3 Å². The molecule has 140 valence electrons. The molecule has 0 aliphatic heterocycles. The zero-order valence-electron chi connectivity index (χ0n) is 15.1. The normalized spacial score (nSPS) is 10.3. The molecule has 0 unspecified atom stereocenters. The average molecular weight is 394 g/mol. The second-order valence-corrected chi connectivity index (χ2v) is 6.44. The second-order valence-electron chi connectivity index (χ2n) is 6.01. The minimum absolute atomic E-state index is 0.143. The SMILES string of the molecule is Cc1nc2ccc(Cl)cc2cc1C(=O)OCC(=O)N(CC#N)c1ccccc1. The van der Waals surface area contributed by atoms with Crippen molar-refractivity contribution in [3.8, 4) is 6.07 Å². The van der Waals surface area contributed by atoms with E-state index >= 15 is 0 Å². The number of benzene rings is 2. The number of nitriles is 1. The van der Waals surface area contributed by atoms with E-state index in [1.54, 1.807) is 61.5 Å². The van der Waals surface area contributed by atoms with E-state index in [4.69, 9.17) is 21.6 Å². The number of carbonyl (C=O) groups excluding carboxylic acids is 2.